The summed E-state index contributed by atoms with van der Waals surface area (Å²) in [5, 5.41) is 8.86. The monoisotopic (exact) mass is 242 g/mol. The van der Waals surface area contributed by atoms with Gasteiger partial charge in [-0.2, -0.15) is 0 Å². The van der Waals surface area contributed by atoms with Crippen LogP contribution in [0.3, 0.4) is 0 Å². The van der Waals surface area contributed by atoms with Gasteiger partial charge in [0.2, 0.25) is 0 Å². The van der Waals surface area contributed by atoms with E-state index in [9.17, 15) is 4.39 Å². The molecule has 1 aromatic carbocycles. The van der Waals surface area contributed by atoms with Gasteiger partial charge in [0, 0.05) is 12.1 Å². The molecule has 0 saturated heterocycles. The van der Waals surface area contributed by atoms with Gasteiger partial charge in [0.15, 0.2) is 0 Å². The lowest BCUT2D eigenvalue weighted by molar-refractivity contribution is 0.205. The first-order valence-electron chi connectivity index (χ1n) is 4.92. The number of aliphatic hydroxyl groups excluding tert-OH is 1. The number of hydrogen-bond acceptors (Lipinski definition) is 3. The molecule has 0 amide bonds. The topological polar surface area (TPSA) is 49.5 Å². The molecule has 1 aromatic rings. The first kappa shape index (κ1) is 13.0. The highest BCUT2D eigenvalue weighted by molar-refractivity contribution is 7.80. The fraction of sp³-hybridized carbons (Fsp3) is 0.364. The Morgan fingerprint density at radius 2 is 2.19 bits per heavy atom. The van der Waals surface area contributed by atoms with E-state index < -0.39 is 6.04 Å². The van der Waals surface area contributed by atoms with Crippen molar-refractivity contribution in [1.82, 2.24) is 4.90 Å². The molecular weight excluding hydrogens is 227 g/mol. The van der Waals surface area contributed by atoms with E-state index in [-0.39, 0.29) is 17.4 Å². The molecule has 88 valence electrons. The summed E-state index contributed by atoms with van der Waals surface area (Å²) in [6.45, 7) is 0.362. The third-order valence-electron chi connectivity index (χ3n) is 2.36. The molecule has 16 heavy (non-hydrogen) atoms. The van der Waals surface area contributed by atoms with Gasteiger partial charge in [-0.3, -0.25) is 4.90 Å². The van der Waals surface area contributed by atoms with Crippen LogP contribution in [-0.4, -0.2) is 35.2 Å². The van der Waals surface area contributed by atoms with E-state index in [0.29, 0.717) is 12.1 Å². The number of rotatable bonds is 5. The van der Waals surface area contributed by atoms with Gasteiger partial charge in [0.25, 0.3) is 0 Å². The van der Waals surface area contributed by atoms with Crippen LogP contribution in [0.1, 0.15) is 11.6 Å². The van der Waals surface area contributed by atoms with Crippen LogP contribution in [0.25, 0.3) is 0 Å². The second kappa shape index (κ2) is 5.89. The Morgan fingerprint density at radius 3 is 2.69 bits per heavy atom. The summed E-state index contributed by atoms with van der Waals surface area (Å²) in [4.78, 5) is 1.92. The number of likely N-dealkylation sites (N-methyl/N-ethyl adjacent to an activating group) is 1. The highest BCUT2D eigenvalue weighted by atomic mass is 32.1. The van der Waals surface area contributed by atoms with Gasteiger partial charge in [-0.1, -0.05) is 30.4 Å². The van der Waals surface area contributed by atoms with Crippen LogP contribution in [0, 0.1) is 5.82 Å². The van der Waals surface area contributed by atoms with Gasteiger partial charge in [-0.15, -0.1) is 0 Å². The molecule has 0 saturated carbocycles. The molecule has 0 aromatic heterocycles. The molecule has 0 aliphatic heterocycles. The molecule has 3 nitrogen and oxygen atoms in total. The zero-order valence-corrected chi connectivity index (χ0v) is 9.88. The van der Waals surface area contributed by atoms with E-state index in [1.54, 1.807) is 30.1 Å². The quantitative estimate of drug-likeness (QED) is 0.759. The molecule has 0 aliphatic carbocycles. The van der Waals surface area contributed by atoms with E-state index in [1.165, 1.54) is 6.07 Å². The van der Waals surface area contributed by atoms with Crippen molar-refractivity contribution in [3.8, 4) is 0 Å². The summed E-state index contributed by atoms with van der Waals surface area (Å²) < 4.78 is 13.6. The molecule has 3 N–H and O–H groups in total. The number of halogens is 1. The fourth-order valence-corrected chi connectivity index (χ4v) is 1.90. The minimum absolute atomic E-state index is 0.0237. The lowest BCUT2D eigenvalue weighted by atomic mass is 10.1. The van der Waals surface area contributed by atoms with Crippen molar-refractivity contribution >= 4 is 17.2 Å². The van der Waals surface area contributed by atoms with Gasteiger partial charge in [-0.25, -0.2) is 4.39 Å². The largest absolute Gasteiger partial charge is 0.395 e. The Bertz CT molecular complexity index is 373. The standard InChI is InChI=1S/C11H15FN2OS/c1-14(6-7-15)10(11(13)16)8-4-2-3-5-9(8)12/h2-5,10,15H,6-7H2,1H3,(H2,13,16). The van der Waals surface area contributed by atoms with Gasteiger partial charge < -0.3 is 10.8 Å². The third-order valence-corrected chi connectivity index (χ3v) is 2.59. The normalized spacial score (nSPS) is 12.8. The Balaban J connectivity index is 3.03. The van der Waals surface area contributed by atoms with Crippen LogP contribution >= 0.6 is 12.2 Å². The minimum atomic E-state index is -0.483. The van der Waals surface area contributed by atoms with Gasteiger partial charge in [-0.05, 0) is 13.1 Å². The number of nitrogens with zero attached hydrogens (tertiary/aromatic N) is 1. The van der Waals surface area contributed by atoms with E-state index in [0.717, 1.165) is 0 Å². The maximum atomic E-state index is 13.6. The summed E-state index contributed by atoms with van der Waals surface area (Å²) >= 11 is 4.94. The van der Waals surface area contributed by atoms with Crippen molar-refractivity contribution in [3.63, 3.8) is 0 Å². The van der Waals surface area contributed by atoms with Crippen molar-refractivity contribution in [1.29, 1.82) is 0 Å². The first-order chi connectivity index (χ1) is 7.57. The molecule has 1 unspecified atom stereocenters. The highest BCUT2D eigenvalue weighted by Crippen LogP contribution is 2.22. The van der Waals surface area contributed by atoms with Crippen LogP contribution in [0.15, 0.2) is 24.3 Å². The maximum absolute atomic E-state index is 13.6. The minimum Gasteiger partial charge on any atom is -0.395 e. The Labute approximate surface area is 99.7 Å². The van der Waals surface area contributed by atoms with Crippen LogP contribution in [0.5, 0.6) is 0 Å². The van der Waals surface area contributed by atoms with Gasteiger partial charge in [0.1, 0.15) is 5.82 Å². The van der Waals surface area contributed by atoms with E-state index in [4.69, 9.17) is 23.1 Å². The lowest BCUT2D eigenvalue weighted by Gasteiger charge is -2.27. The Hall–Kier alpha value is -1.04. The van der Waals surface area contributed by atoms with Crippen LogP contribution < -0.4 is 5.73 Å². The SMILES string of the molecule is CN(CCO)C(C(N)=S)c1ccccc1F. The summed E-state index contributed by atoms with van der Waals surface area (Å²) in [6, 6.07) is 5.88. The predicted molar refractivity (Wildman–Crippen MR) is 65.6 cm³/mol. The van der Waals surface area contributed by atoms with E-state index in [2.05, 4.69) is 0 Å². The third kappa shape index (κ3) is 2.98. The molecule has 5 heteroatoms. The van der Waals surface area contributed by atoms with Crippen molar-refractivity contribution in [2.45, 2.75) is 6.04 Å². The average molecular weight is 242 g/mol. The van der Waals surface area contributed by atoms with Gasteiger partial charge >= 0.3 is 0 Å². The first-order valence-corrected chi connectivity index (χ1v) is 5.33. The number of hydrogen-bond donors (Lipinski definition) is 2. The van der Waals surface area contributed by atoms with Gasteiger partial charge in [0.05, 0.1) is 17.6 Å². The summed E-state index contributed by atoms with van der Waals surface area (Å²) in [7, 11) is 1.74. The lowest BCUT2D eigenvalue weighted by Crippen LogP contribution is -2.36. The molecule has 1 rings (SSSR count). The van der Waals surface area contributed by atoms with Crippen LogP contribution in [0.4, 0.5) is 4.39 Å². The van der Waals surface area contributed by atoms with Crippen molar-refractivity contribution in [2.24, 2.45) is 5.73 Å². The summed E-state index contributed by atoms with van der Waals surface area (Å²) in [5.41, 5.74) is 6.05. The van der Waals surface area contributed by atoms with E-state index in [1.807, 2.05) is 0 Å². The maximum Gasteiger partial charge on any atom is 0.128 e. The summed E-state index contributed by atoms with van der Waals surface area (Å²) in [6.07, 6.45) is 0. The number of nitrogens with two attached hydrogens (primary N) is 1. The highest BCUT2D eigenvalue weighted by Gasteiger charge is 2.22. The van der Waals surface area contributed by atoms with Crippen molar-refractivity contribution in [3.05, 3.63) is 35.6 Å². The molecule has 0 aliphatic rings. The van der Waals surface area contributed by atoms with Crippen LogP contribution in [0.2, 0.25) is 0 Å². The zero-order chi connectivity index (χ0) is 12.1. The number of benzene rings is 1. The molecule has 0 bridgehead atoms. The van der Waals surface area contributed by atoms with Crippen LogP contribution in [-0.2, 0) is 0 Å². The van der Waals surface area contributed by atoms with E-state index >= 15 is 0 Å². The Kier molecular flexibility index (Phi) is 4.79. The van der Waals surface area contributed by atoms with Crippen molar-refractivity contribution in [2.75, 3.05) is 20.2 Å². The summed E-state index contributed by atoms with van der Waals surface area (Å²) in [5.74, 6) is -0.343. The second-order valence-corrected chi connectivity index (χ2v) is 4.00. The Morgan fingerprint density at radius 1 is 1.56 bits per heavy atom. The fourth-order valence-electron chi connectivity index (χ4n) is 1.59. The molecule has 0 heterocycles. The molecule has 1 atom stereocenters. The predicted octanol–water partition coefficient (Wildman–Crippen LogP) is 1.08. The zero-order valence-electron chi connectivity index (χ0n) is 9.06. The number of thiocarbonyl (C=S) groups is 1. The smallest absolute Gasteiger partial charge is 0.128 e. The average Bonchev–Trinajstić information content (AvgIpc) is 2.21. The second-order valence-electron chi connectivity index (χ2n) is 3.53. The van der Waals surface area contributed by atoms with Crippen molar-refractivity contribution < 1.29 is 9.50 Å². The molecule has 0 fully saturated rings. The number of aliphatic hydroxyl groups is 1. The molecule has 0 spiro atoms. The molecular formula is C11H15FN2OS. The molecule has 0 radical (unpaired) electrons.